The second kappa shape index (κ2) is 6.06. The Hall–Kier alpha value is -2.20. The van der Waals surface area contributed by atoms with Crippen molar-refractivity contribution in [3.05, 3.63) is 53.6 Å². The van der Waals surface area contributed by atoms with E-state index in [1.807, 2.05) is 30.3 Å². The van der Waals surface area contributed by atoms with Crippen LogP contribution in [0.4, 0.5) is 0 Å². The van der Waals surface area contributed by atoms with E-state index in [0.29, 0.717) is 6.54 Å². The SMILES string of the molecule is COc1ccccc1C(CCN)c1ccc2c(c1)OCO2. The van der Waals surface area contributed by atoms with Crippen molar-refractivity contribution in [2.24, 2.45) is 5.73 Å². The number of rotatable bonds is 5. The third-order valence-corrected chi connectivity index (χ3v) is 3.77. The van der Waals surface area contributed by atoms with E-state index in [1.54, 1.807) is 7.11 Å². The fraction of sp³-hybridized carbons (Fsp3) is 0.294. The van der Waals surface area contributed by atoms with Gasteiger partial charge < -0.3 is 19.9 Å². The quantitative estimate of drug-likeness (QED) is 0.917. The van der Waals surface area contributed by atoms with Crippen molar-refractivity contribution >= 4 is 0 Å². The number of methoxy groups -OCH3 is 1. The first-order valence-corrected chi connectivity index (χ1v) is 7.06. The van der Waals surface area contributed by atoms with Gasteiger partial charge in [0, 0.05) is 11.5 Å². The molecule has 0 fully saturated rings. The van der Waals surface area contributed by atoms with E-state index >= 15 is 0 Å². The minimum atomic E-state index is 0.181. The summed E-state index contributed by atoms with van der Waals surface area (Å²) in [6.07, 6.45) is 0.847. The largest absolute Gasteiger partial charge is 0.496 e. The highest BCUT2D eigenvalue weighted by atomic mass is 16.7. The highest BCUT2D eigenvalue weighted by Gasteiger charge is 2.21. The van der Waals surface area contributed by atoms with E-state index in [4.69, 9.17) is 19.9 Å². The minimum absolute atomic E-state index is 0.181. The van der Waals surface area contributed by atoms with Gasteiger partial charge in [0.2, 0.25) is 6.79 Å². The molecule has 1 aliphatic heterocycles. The van der Waals surface area contributed by atoms with Crippen LogP contribution in [0.2, 0.25) is 0 Å². The van der Waals surface area contributed by atoms with Gasteiger partial charge in [-0.15, -0.1) is 0 Å². The maximum absolute atomic E-state index is 5.81. The number of ether oxygens (including phenoxy) is 3. The van der Waals surface area contributed by atoms with Gasteiger partial charge in [-0.3, -0.25) is 0 Å². The normalized spacial score (nSPS) is 14.0. The van der Waals surface area contributed by atoms with Crippen LogP contribution in [-0.2, 0) is 0 Å². The standard InChI is InChI=1S/C17H19NO3/c1-19-15-5-3-2-4-14(15)13(8-9-18)12-6-7-16-17(10-12)21-11-20-16/h2-7,10,13H,8-9,11,18H2,1H3. The molecule has 0 radical (unpaired) electrons. The van der Waals surface area contributed by atoms with Crippen LogP contribution in [0, 0.1) is 0 Å². The van der Waals surface area contributed by atoms with Crippen LogP contribution >= 0.6 is 0 Å². The monoisotopic (exact) mass is 285 g/mol. The summed E-state index contributed by atoms with van der Waals surface area (Å²) in [7, 11) is 1.69. The van der Waals surface area contributed by atoms with Crippen molar-refractivity contribution < 1.29 is 14.2 Å². The molecule has 2 aromatic rings. The summed E-state index contributed by atoms with van der Waals surface area (Å²) in [5.74, 6) is 2.66. The van der Waals surface area contributed by atoms with Gasteiger partial charge in [-0.1, -0.05) is 24.3 Å². The van der Waals surface area contributed by atoms with E-state index in [9.17, 15) is 0 Å². The van der Waals surface area contributed by atoms with Crippen molar-refractivity contribution in [2.75, 3.05) is 20.4 Å². The van der Waals surface area contributed by atoms with Crippen LogP contribution in [0.3, 0.4) is 0 Å². The summed E-state index contributed by atoms with van der Waals surface area (Å²) in [6, 6.07) is 14.1. The molecule has 0 amide bonds. The summed E-state index contributed by atoms with van der Waals surface area (Å²) >= 11 is 0. The second-order valence-electron chi connectivity index (χ2n) is 4.98. The molecule has 1 atom stereocenters. The molecule has 4 heteroatoms. The molecule has 0 saturated carbocycles. The van der Waals surface area contributed by atoms with Crippen LogP contribution in [0.25, 0.3) is 0 Å². The number of hydrogen-bond acceptors (Lipinski definition) is 4. The van der Waals surface area contributed by atoms with E-state index in [1.165, 1.54) is 0 Å². The minimum Gasteiger partial charge on any atom is -0.496 e. The maximum Gasteiger partial charge on any atom is 0.231 e. The Bertz CT molecular complexity index is 627. The van der Waals surface area contributed by atoms with Gasteiger partial charge in [0.1, 0.15) is 5.75 Å². The lowest BCUT2D eigenvalue weighted by Gasteiger charge is -2.20. The van der Waals surface area contributed by atoms with Gasteiger partial charge in [-0.25, -0.2) is 0 Å². The summed E-state index contributed by atoms with van der Waals surface area (Å²) in [4.78, 5) is 0. The molecule has 110 valence electrons. The summed E-state index contributed by atoms with van der Waals surface area (Å²) in [5, 5.41) is 0. The first-order valence-electron chi connectivity index (χ1n) is 7.06. The molecule has 0 aliphatic carbocycles. The molecule has 4 nitrogen and oxygen atoms in total. The van der Waals surface area contributed by atoms with Gasteiger partial charge in [0.15, 0.2) is 11.5 Å². The molecule has 0 aromatic heterocycles. The number of hydrogen-bond donors (Lipinski definition) is 1. The Balaban J connectivity index is 2.01. The Morgan fingerprint density at radius 3 is 2.76 bits per heavy atom. The topological polar surface area (TPSA) is 53.7 Å². The summed E-state index contributed by atoms with van der Waals surface area (Å²) in [6.45, 7) is 0.895. The Morgan fingerprint density at radius 1 is 1.14 bits per heavy atom. The Kier molecular flexibility index (Phi) is 3.97. The van der Waals surface area contributed by atoms with Gasteiger partial charge in [-0.2, -0.15) is 0 Å². The molecular formula is C17H19NO3. The third kappa shape index (κ3) is 2.67. The summed E-state index contributed by atoms with van der Waals surface area (Å²) < 4.78 is 16.3. The van der Waals surface area contributed by atoms with Crippen LogP contribution in [0.5, 0.6) is 17.2 Å². The highest BCUT2D eigenvalue weighted by molar-refractivity contribution is 5.49. The van der Waals surface area contributed by atoms with Crippen molar-refractivity contribution in [3.8, 4) is 17.2 Å². The van der Waals surface area contributed by atoms with Crippen LogP contribution in [0.1, 0.15) is 23.5 Å². The van der Waals surface area contributed by atoms with Gasteiger partial charge in [0.05, 0.1) is 7.11 Å². The van der Waals surface area contributed by atoms with Crippen molar-refractivity contribution in [2.45, 2.75) is 12.3 Å². The zero-order chi connectivity index (χ0) is 14.7. The molecule has 1 aliphatic rings. The van der Waals surface area contributed by atoms with E-state index < -0.39 is 0 Å². The molecule has 21 heavy (non-hydrogen) atoms. The molecule has 0 bridgehead atoms. The van der Waals surface area contributed by atoms with Crippen LogP contribution < -0.4 is 19.9 Å². The predicted molar refractivity (Wildman–Crippen MR) is 81.1 cm³/mol. The zero-order valence-electron chi connectivity index (χ0n) is 12.0. The fourth-order valence-electron chi connectivity index (χ4n) is 2.75. The number of benzene rings is 2. The number of para-hydroxylation sites is 1. The number of fused-ring (bicyclic) bond motifs is 1. The van der Waals surface area contributed by atoms with E-state index in [0.717, 1.165) is 34.8 Å². The average molecular weight is 285 g/mol. The molecule has 1 unspecified atom stereocenters. The predicted octanol–water partition coefficient (Wildman–Crippen LogP) is 2.90. The molecule has 0 saturated heterocycles. The van der Waals surface area contributed by atoms with Gasteiger partial charge >= 0.3 is 0 Å². The summed E-state index contributed by atoms with van der Waals surface area (Å²) in [5.41, 5.74) is 8.12. The first-order chi connectivity index (χ1) is 10.3. The third-order valence-electron chi connectivity index (χ3n) is 3.77. The van der Waals surface area contributed by atoms with Gasteiger partial charge in [0.25, 0.3) is 0 Å². The van der Waals surface area contributed by atoms with Crippen molar-refractivity contribution in [1.82, 2.24) is 0 Å². The van der Waals surface area contributed by atoms with E-state index in [2.05, 4.69) is 12.1 Å². The second-order valence-corrected chi connectivity index (χ2v) is 4.98. The van der Waals surface area contributed by atoms with Crippen LogP contribution in [0.15, 0.2) is 42.5 Å². The van der Waals surface area contributed by atoms with Gasteiger partial charge in [-0.05, 0) is 36.7 Å². The molecular weight excluding hydrogens is 266 g/mol. The molecule has 2 N–H and O–H groups in total. The molecule has 3 rings (SSSR count). The Morgan fingerprint density at radius 2 is 1.95 bits per heavy atom. The van der Waals surface area contributed by atoms with Crippen LogP contribution in [-0.4, -0.2) is 20.4 Å². The van der Waals surface area contributed by atoms with Crippen molar-refractivity contribution in [1.29, 1.82) is 0 Å². The Labute approximate surface area is 124 Å². The zero-order valence-corrected chi connectivity index (χ0v) is 12.0. The highest BCUT2D eigenvalue weighted by Crippen LogP contribution is 2.39. The lowest BCUT2D eigenvalue weighted by molar-refractivity contribution is 0.174. The lowest BCUT2D eigenvalue weighted by Crippen LogP contribution is -2.10. The van der Waals surface area contributed by atoms with E-state index in [-0.39, 0.29) is 12.7 Å². The average Bonchev–Trinajstić information content (AvgIpc) is 3.00. The molecule has 1 heterocycles. The smallest absolute Gasteiger partial charge is 0.231 e. The fourth-order valence-corrected chi connectivity index (χ4v) is 2.75. The lowest BCUT2D eigenvalue weighted by atomic mass is 9.87. The maximum atomic E-state index is 5.81. The first kappa shape index (κ1) is 13.8. The van der Waals surface area contributed by atoms with Crippen molar-refractivity contribution in [3.63, 3.8) is 0 Å². The number of nitrogens with two attached hydrogens (primary N) is 1. The molecule has 2 aromatic carbocycles. The molecule has 0 spiro atoms.